The van der Waals surface area contributed by atoms with Gasteiger partial charge in [0.2, 0.25) is 0 Å². The lowest BCUT2D eigenvalue weighted by Crippen LogP contribution is -2.40. The molecule has 6 heteroatoms. The predicted octanol–water partition coefficient (Wildman–Crippen LogP) is 3.81. The number of carbonyl (C=O) groups is 1. The SMILES string of the molecule is CCCCn1ccnc1[C@@H]1CCCN(C(=O)c2cc(C(C)C)on2)C1. The van der Waals surface area contributed by atoms with Crippen LogP contribution in [0.5, 0.6) is 0 Å². The first-order valence-corrected chi connectivity index (χ1v) is 9.37. The van der Waals surface area contributed by atoms with Gasteiger partial charge in [0.15, 0.2) is 5.69 Å². The smallest absolute Gasteiger partial charge is 0.276 e. The van der Waals surface area contributed by atoms with E-state index in [1.807, 2.05) is 24.9 Å². The van der Waals surface area contributed by atoms with E-state index in [1.165, 1.54) is 0 Å². The van der Waals surface area contributed by atoms with E-state index in [1.54, 1.807) is 6.07 Å². The third-order valence-corrected chi connectivity index (χ3v) is 4.89. The number of carbonyl (C=O) groups excluding carboxylic acids is 1. The number of nitrogens with zero attached hydrogens (tertiary/aromatic N) is 4. The maximum atomic E-state index is 12.8. The van der Waals surface area contributed by atoms with Gasteiger partial charge in [-0.2, -0.15) is 0 Å². The standard InChI is InChI=1S/C19H28N4O2/c1-4-5-9-22-11-8-20-18(22)15-7-6-10-23(13-15)19(24)16-12-17(14(2)3)25-21-16/h8,11-12,14-15H,4-7,9-10,13H2,1-3H3/t15-/m1/s1. The van der Waals surface area contributed by atoms with Crippen LogP contribution in [0.4, 0.5) is 0 Å². The molecule has 1 amide bonds. The summed E-state index contributed by atoms with van der Waals surface area (Å²) in [4.78, 5) is 19.3. The van der Waals surface area contributed by atoms with E-state index in [4.69, 9.17) is 4.52 Å². The van der Waals surface area contributed by atoms with E-state index >= 15 is 0 Å². The maximum absolute atomic E-state index is 12.8. The molecule has 1 atom stereocenters. The molecule has 0 aliphatic carbocycles. The Labute approximate surface area is 149 Å². The molecular weight excluding hydrogens is 316 g/mol. The summed E-state index contributed by atoms with van der Waals surface area (Å²) in [5.41, 5.74) is 0.415. The highest BCUT2D eigenvalue weighted by Crippen LogP contribution is 2.27. The monoisotopic (exact) mass is 344 g/mol. The molecule has 0 radical (unpaired) electrons. The number of hydrogen-bond donors (Lipinski definition) is 0. The highest BCUT2D eigenvalue weighted by molar-refractivity contribution is 5.92. The van der Waals surface area contributed by atoms with Gasteiger partial charge in [-0.25, -0.2) is 4.98 Å². The topological polar surface area (TPSA) is 64.2 Å². The van der Waals surface area contributed by atoms with Gasteiger partial charge < -0.3 is 14.0 Å². The molecule has 136 valence electrons. The number of piperidine rings is 1. The number of aromatic nitrogens is 3. The summed E-state index contributed by atoms with van der Waals surface area (Å²) in [6.07, 6.45) is 8.30. The molecule has 1 saturated heterocycles. The van der Waals surface area contributed by atoms with E-state index in [-0.39, 0.29) is 11.8 Å². The molecule has 6 nitrogen and oxygen atoms in total. The highest BCUT2D eigenvalue weighted by atomic mass is 16.5. The van der Waals surface area contributed by atoms with E-state index in [0.29, 0.717) is 18.2 Å². The van der Waals surface area contributed by atoms with Gasteiger partial charge in [0, 0.05) is 49.9 Å². The van der Waals surface area contributed by atoms with Crippen LogP contribution in [0.15, 0.2) is 23.0 Å². The Bertz CT molecular complexity index is 704. The third-order valence-electron chi connectivity index (χ3n) is 4.89. The molecule has 0 aromatic carbocycles. The van der Waals surface area contributed by atoms with Crippen molar-refractivity contribution in [3.63, 3.8) is 0 Å². The minimum atomic E-state index is -0.0352. The fourth-order valence-corrected chi connectivity index (χ4v) is 3.39. The van der Waals surface area contributed by atoms with Gasteiger partial charge in [0.25, 0.3) is 5.91 Å². The van der Waals surface area contributed by atoms with Crippen molar-refractivity contribution in [3.05, 3.63) is 35.7 Å². The first-order valence-electron chi connectivity index (χ1n) is 9.37. The molecule has 0 saturated carbocycles. The minimum Gasteiger partial charge on any atom is -0.360 e. The number of likely N-dealkylation sites (tertiary alicyclic amines) is 1. The summed E-state index contributed by atoms with van der Waals surface area (Å²) in [6.45, 7) is 8.72. The van der Waals surface area contributed by atoms with Gasteiger partial charge in [-0.1, -0.05) is 32.3 Å². The van der Waals surface area contributed by atoms with Gasteiger partial charge in [-0.15, -0.1) is 0 Å². The van der Waals surface area contributed by atoms with E-state index in [9.17, 15) is 4.79 Å². The van der Waals surface area contributed by atoms with E-state index in [2.05, 4.69) is 27.8 Å². The van der Waals surface area contributed by atoms with Crippen LogP contribution in [0, 0.1) is 0 Å². The molecule has 0 spiro atoms. The molecular formula is C19H28N4O2. The van der Waals surface area contributed by atoms with Gasteiger partial charge in [0.05, 0.1) is 0 Å². The Morgan fingerprint density at radius 2 is 2.28 bits per heavy atom. The highest BCUT2D eigenvalue weighted by Gasteiger charge is 2.29. The van der Waals surface area contributed by atoms with Gasteiger partial charge in [-0.3, -0.25) is 4.79 Å². The number of hydrogen-bond acceptors (Lipinski definition) is 4. The van der Waals surface area contributed by atoms with E-state index in [0.717, 1.165) is 50.4 Å². The van der Waals surface area contributed by atoms with Gasteiger partial charge >= 0.3 is 0 Å². The zero-order valence-electron chi connectivity index (χ0n) is 15.4. The van der Waals surface area contributed by atoms with Crippen molar-refractivity contribution in [2.75, 3.05) is 13.1 Å². The summed E-state index contributed by atoms with van der Waals surface area (Å²) in [6, 6.07) is 1.78. The molecule has 0 N–H and O–H groups in total. The number of amides is 1. The Morgan fingerprint density at radius 1 is 1.44 bits per heavy atom. The Balaban J connectivity index is 1.70. The van der Waals surface area contributed by atoms with Crippen LogP contribution in [0.3, 0.4) is 0 Å². The average molecular weight is 344 g/mol. The number of aryl methyl sites for hydroxylation is 1. The molecule has 1 aliphatic heterocycles. The Morgan fingerprint density at radius 3 is 3.00 bits per heavy atom. The number of imidazole rings is 1. The van der Waals surface area contributed by atoms with Crippen molar-refractivity contribution in [2.24, 2.45) is 0 Å². The zero-order chi connectivity index (χ0) is 17.8. The summed E-state index contributed by atoms with van der Waals surface area (Å²) in [5.74, 6) is 2.35. The van der Waals surface area contributed by atoms with E-state index < -0.39 is 0 Å². The number of rotatable bonds is 6. The van der Waals surface area contributed by atoms with Crippen LogP contribution in [-0.2, 0) is 6.54 Å². The van der Waals surface area contributed by atoms with Crippen molar-refractivity contribution in [1.82, 2.24) is 19.6 Å². The lowest BCUT2D eigenvalue weighted by molar-refractivity contribution is 0.0692. The second-order valence-electron chi connectivity index (χ2n) is 7.19. The second-order valence-corrected chi connectivity index (χ2v) is 7.19. The van der Waals surface area contributed by atoms with Crippen LogP contribution in [-0.4, -0.2) is 38.6 Å². The van der Waals surface area contributed by atoms with Gasteiger partial charge in [0.1, 0.15) is 11.6 Å². The number of unbranched alkanes of at least 4 members (excludes halogenated alkanes) is 1. The summed E-state index contributed by atoms with van der Waals surface area (Å²) < 4.78 is 7.53. The molecule has 2 aromatic rings. The van der Waals surface area contributed by atoms with Crippen LogP contribution < -0.4 is 0 Å². The average Bonchev–Trinajstić information content (AvgIpc) is 3.28. The fourth-order valence-electron chi connectivity index (χ4n) is 3.39. The minimum absolute atomic E-state index is 0.0352. The lowest BCUT2D eigenvalue weighted by atomic mass is 9.96. The molecule has 3 heterocycles. The van der Waals surface area contributed by atoms with Crippen LogP contribution in [0.2, 0.25) is 0 Å². The zero-order valence-corrected chi connectivity index (χ0v) is 15.4. The summed E-state index contributed by atoms with van der Waals surface area (Å²) >= 11 is 0. The molecule has 25 heavy (non-hydrogen) atoms. The Kier molecular flexibility index (Phi) is 5.56. The largest absolute Gasteiger partial charge is 0.360 e. The van der Waals surface area contributed by atoms with Crippen LogP contribution in [0.25, 0.3) is 0 Å². The Hall–Kier alpha value is -2.11. The van der Waals surface area contributed by atoms with Crippen LogP contribution >= 0.6 is 0 Å². The molecule has 0 unspecified atom stereocenters. The molecule has 1 aliphatic rings. The van der Waals surface area contributed by atoms with Crippen molar-refractivity contribution in [3.8, 4) is 0 Å². The fraction of sp³-hybridized carbons (Fsp3) is 0.632. The van der Waals surface area contributed by atoms with Crippen molar-refractivity contribution in [1.29, 1.82) is 0 Å². The van der Waals surface area contributed by atoms with Crippen molar-refractivity contribution >= 4 is 5.91 Å². The van der Waals surface area contributed by atoms with Crippen molar-refractivity contribution in [2.45, 2.75) is 64.8 Å². The second kappa shape index (κ2) is 7.85. The molecule has 3 rings (SSSR count). The molecule has 0 bridgehead atoms. The first-order chi connectivity index (χ1) is 12.1. The molecule has 1 fully saturated rings. The third kappa shape index (κ3) is 3.94. The quantitative estimate of drug-likeness (QED) is 0.799. The summed E-state index contributed by atoms with van der Waals surface area (Å²) in [5, 5.41) is 3.97. The predicted molar refractivity (Wildman–Crippen MR) is 95.6 cm³/mol. The normalized spacial score (nSPS) is 18.1. The summed E-state index contributed by atoms with van der Waals surface area (Å²) in [7, 11) is 0. The van der Waals surface area contributed by atoms with Gasteiger partial charge in [-0.05, 0) is 19.3 Å². The lowest BCUT2D eigenvalue weighted by Gasteiger charge is -2.32. The first kappa shape index (κ1) is 17.7. The van der Waals surface area contributed by atoms with Crippen LogP contribution in [0.1, 0.15) is 80.4 Å². The van der Waals surface area contributed by atoms with Crippen molar-refractivity contribution < 1.29 is 9.32 Å². The maximum Gasteiger partial charge on any atom is 0.276 e. The molecule has 2 aromatic heterocycles.